The van der Waals surface area contributed by atoms with Gasteiger partial charge in [-0.25, -0.2) is 0 Å². The highest BCUT2D eigenvalue weighted by molar-refractivity contribution is 6.71. The molecular formula is C24H34N2O4Si. The molecule has 0 aromatic heterocycles. The first-order valence-electron chi connectivity index (χ1n) is 10.9. The molecular weight excluding hydrogens is 408 g/mol. The van der Waals surface area contributed by atoms with Crippen molar-refractivity contribution in [3.8, 4) is 0 Å². The summed E-state index contributed by atoms with van der Waals surface area (Å²) in [6, 6.07) is 14.7. The van der Waals surface area contributed by atoms with Crippen molar-refractivity contribution in [1.82, 2.24) is 0 Å². The van der Waals surface area contributed by atoms with Crippen LogP contribution >= 0.6 is 0 Å². The van der Waals surface area contributed by atoms with E-state index in [1.807, 2.05) is 37.4 Å². The fourth-order valence-corrected chi connectivity index (χ4v) is 7.36. The molecule has 2 aromatic rings. The van der Waals surface area contributed by atoms with Crippen LogP contribution in [0.15, 0.2) is 48.5 Å². The van der Waals surface area contributed by atoms with Gasteiger partial charge in [0, 0.05) is 29.1 Å². The maximum Gasteiger partial charge on any atom is 0.255 e. The minimum atomic E-state index is -2.38. The highest BCUT2D eigenvalue weighted by Gasteiger charge is 2.49. The molecule has 1 heterocycles. The van der Waals surface area contributed by atoms with Crippen LogP contribution in [0.1, 0.15) is 35.7 Å². The summed E-state index contributed by atoms with van der Waals surface area (Å²) in [5.74, 6) is 0.0966. The molecule has 1 saturated heterocycles. The highest BCUT2D eigenvalue weighted by Crippen LogP contribution is 2.45. The molecule has 7 heteroatoms. The Kier molecular flexibility index (Phi) is 7.54. The van der Waals surface area contributed by atoms with E-state index in [0.29, 0.717) is 17.7 Å². The van der Waals surface area contributed by atoms with E-state index in [9.17, 15) is 14.7 Å². The first-order chi connectivity index (χ1) is 14.7. The Morgan fingerprint density at radius 2 is 1.71 bits per heavy atom. The lowest BCUT2D eigenvalue weighted by Gasteiger charge is -2.30. The van der Waals surface area contributed by atoms with Gasteiger partial charge in [-0.15, -0.1) is 0 Å². The van der Waals surface area contributed by atoms with Crippen LogP contribution < -0.4 is 11.1 Å². The van der Waals surface area contributed by atoms with Crippen LogP contribution in [0.3, 0.4) is 0 Å². The number of nitrogens with one attached hydrogen (secondary N) is 1. The van der Waals surface area contributed by atoms with Crippen LogP contribution in [0.5, 0.6) is 0 Å². The summed E-state index contributed by atoms with van der Waals surface area (Å²) in [7, 11) is -2.38. The first-order valence-corrected chi connectivity index (χ1v) is 14.0. The molecule has 4 atom stereocenters. The van der Waals surface area contributed by atoms with Gasteiger partial charge < -0.3 is 25.7 Å². The van der Waals surface area contributed by atoms with E-state index in [1.165, 1.54) is 5.56 Å². The third kappa shape index (κ3) is 5.95. The van der Waals surface area contributed by atoms with Gasteiger partial charge in [-0.3, -0.25) is 4.79 Å². The van der Waals surface area contributed by atoms with E-state index >= 15 is 0 Å². The van der Waals surface area contributed by atoms with Crippen molar-refractivity contribution in [3.63, 3.8) is 0 Å². The molecule has 1 fully saturated rings. The van der Waals surface area contributed by atoms with Crippen molar-refractivity contribution in [2.45, 2.75) is 57.0 Å². The molecule has 5 N–H and O–H groups in total. The van der Waals surface area contributed by atoms with Crippen LogP contribution in [0.25, 0.3) is 0 Å². The summed E-state index contributed by atoms with van der Waals surface area (Å²) in [5.41, 5.74) is 8.90. The van der Waals surface area contributed by atoms with Crippen molar-refractivity contribution in [2.24, 2.45) is 5.92 Å². The fraction of sp³-hybridized carbons (Fsp3) is 0.458. The second-order valence-electron chi connectivity index (χ2n) is 9.08. The van der Waals surface area contributed by atoms with E-state index in [1.54, 1.807) is 24.3 Å². The van der Waals surface area contributed by atoms with E-state index in [0.717, 1.165) is 18.5 Å². The molecule has 0 radical (unpaired) electrons. The van der Waals surface area contributed by atoms with Gasteiger partial charge in [0.15, 0.2) is 8.32 Å². The van der Waals surface area contributed by atoms with Gasteiger partial charge in [0.2, 0.25) is 0 Å². The molecule has 6 nitrogen and oxygen atoms in total. The predicted molar refractivity (Wildman–Crippen MR) is 127 cm³/mol. The number of nitrogens with two attached hydrogens (primary N) is 1. The van der Waals surface area contributed by atoms with Crippen LogP contribution in [0.4, 0.5) is 11.4 Å². The molecule has 0 saturated carbocycles. The third-order valence-corrected chi connectivity index (χ3v) is 8.76. The molecule has 1 amide bonds. The number of aliphatic hydroxyl groups excluding tert-OH is 1. The van der Waals surface area contributed by atoms with Crippen molar-refractivity contribution < 1.29 is 19.4 Å². The minimum absolute atomic E-state index is 0.0670. The smallest absolute Gasteiger partial charge is 0.255 e. The second-order valence-corrected chi connectivity index (χ2v) is 13.0. The van der Waals surface area contributed by atoms with Gasteiger partial charge in [0.05, 0.1) is 12.2 Å². The van der Waals surface area contributed by atoms with Crippen LogP contribution in [0.2, 0.25) is 18.6 Å². The molecule has 0 aliphatic carbocycles. The number of benzene rings is 2. The Morgan fingerprint density at radius 3 is 2.29 bits per heavy atom. The van der Waals surface area contributed by atoms with E-state index in [4.69, 9.17) is 10.5 Å². The number of amides is 1. The Labute approximate surface area is 185 Å². The second kappa shape index (κ2) is 9.95. The zero-order valence-electron chi connectivity index (χ0n) is 18.5. The topological polar surface area (TPSA) is 105 Å². The summed E-state index contributed by atoms with van der Waals surface area (Å²) in [5, 5.41) is 12.3. The lowest BCUT2D eigenvalue weighted by molar-refractivity contribution is 0.0192. The summed E-state index contributed by atoms with van der Waals surface area (Å²) in [6.07, 6.45) is 2.30. The molecule has 0 spiro atoms. The number of hydrogen-bond donors (Lipinski definition) is 4. The maximum absolute atomic E-state index is 12.3. The number of carbonyl (C=O) groups excluding carboxylic acids is 1. The van der Waals surface area contributed by atoms with Crippen LogP contribution in [0, 0.1) is 5.92 Å². The Balaban J connectivity index is 1.56. The average molecular weight is 443 g/mol. The Hall–Kier alpha value is -2.19. The number of aryl methyl sites for hydroxylation is 1. The van der Waals surface area contributed by atoms with Gasteiger partial charge in [-0.05, 0) is 80.2 Å². The van der Waals surface area contributed by atoms with E-state index in [2.05, 4.69) is 12.2 Å². The quantitative estimate of drug-likeness (QED) is 0.368. The first kappa shape index (κ1) is 23.5. The number of aliphatic hydroxyl groups is 1. The van der Waals surface area contributed by atoms with E-state index in [-0.39, 0.29) is 36.2 Å². The number of hydrogen-bond acceptors (Lipinski definition) is 5. The summed E-state index contributed by atoms with van der Waals surface area (Å²) >= 11 is 0. The Morgan fingerprint density at radius 1 is 1.06 bits per heavy atom. The lowest BCUT2D eigenvalue weighted by Crippen LogP contribution is -2.40. The molecule has 0 bridgehead atoms. The van der Waals surface area contributed by atoms with Crippen molar-refractivity contribution in [2.75, 3.05) is 17.7 Å². The van der Waals surface area contributed by atoms with Crippen molar-refractivity contribution in [3.05, 3.63) is 59.7 Å². The zero-order valence-corrected chi connectivity index (χ0v) is 19.5. The monoisotopic (exact) mass is 442 g/mol. The molecule has 1 aliphatic heterocycles. The summed E-state index contributed by atoms with van der Waals surface area (Å²) in [4.78, 5) is 23.1. The van der Waals surface area contributed by atoms with Gasteiger partial charge in [0.1, 0.15) is 0 Å². The standard InChI is InChI=1S/C24H34N2O4Si/c1-16-21(30-22(14-15-27)23(16)31(2,3)29)13-6-17-4-11-20(12-5-17)26-24(28)18-7-9-19(25)10-8-18/h4-5,7-12,16,21-23,27,29H,6,13-15,25H2,1-3H3,(H,26,28)/t16-,21+,22-,23+/m1/s1. The maximum atomic E-state index is 12.3. The largest absolute Gasteiger partial charge is 0.432 e. The molecule has 0 unspecified atom stereocenters. The number of nitrogen functional groups attached to an aromatic ring is 1. The number of carbonyl (C=O) groups is 1. The average Bonchev–Trinajstić information content (AvgIpc) is 3.03. The van der Waals surface area contributed by atoms with Crippen LogP contribution in [-0.2, 0) is 11.2 Å². The normalized spacial score (nSPS) is 23.6. The van der Waals surface area contributed by atoms with Crippen molar-refractivity contribution in [1.29, 1.82) is 0 Å². The zero-order chi connectivity index (χ0) is 22.6. The minimum Gasteiger partial charge on any atom is -0.432 e. The number of anilines is 2. The molecule has 2 aromatic carbocycles. The summed E-state index contributed by atoms with van der Waals surface area (Å²) < 4.78 is 6.26. The number of rotatable bonds is 8. The predicted octanol–water partition coefficient (Wildman–Crippen LogP) is 3.81. The summed E-state index contributed by atoms with van der Waals surface area (Å²) in [6.45, 7) is 6.16. The highest BCUT2D eigenvalue weighted by atomic mass is 28.4. The molecule has 3 rings (SSSR count). The van der Waals surface area contributed by atoms with Crippen LogP contribution in [-0.4, -0.2) is 42.9 Å². The molecule has 168 valence electrons. The third-order valence-electron chi connectivity index (χ3n) is 6.23. The number of ether oxygens (including phenoxy) is 1. The van der Waals surface area contributed by atoms with Gasteiger partial charge in [-0.2, -0.15) is 0 Å². The molecule has 1 aliphatic rings. The van der Waals surface area contributed by atoms with Gasteiger partial charge in [0.25, 0.3) is 5.91 Å². The Bertz CT molecular complexity index is 865. The SMILES string of the molecule is C[C@H]1[C@H]([Si](C)(C)O)[C@@H](CCO)O[C@H]1CCc1ccc(NC(=O)c2ccc(N)cc2)cc1. The molecule has 31 heavy (non-hydrogen) atoms. The van der Waals surface area contributed by atoms with Gasteiger partial charge >= 0.3 is 0 Å². The lowest BCUT2D eigenvalue weighted by atomic mass is 9.95. The van der Waals surface area contributed by atoms with Gasteiger partial charge in [-0.1, -0.05) is 19.1 Å². The fourth-order valence-electron chi connectivity index (χ4n) is 4.71. The van der Waals surface area contributed by atoms with E-state index < -0.39 is 8.32 Å². The van der Waals surface area contributed by atoms with Crippen molar-refractivity contribution >= 4 is 25.6 Å².